The molecule has 0 amide bonds. The Morgan fingerprint density at radius 2 is 1.39 bits per heavy atom. The standard InChI is InChI=1S/C27H34O6/c1-19(2)25(33-23-16-10-11-20(3)32-23)24(26(28)30-17-21-12-6-4-7-13-21)27(29)31-18-22-14-8-5-9-15-22/h4-9,12-15,19-20,23-25H,10-11,16-18H2,1-3H3/t20-,23+,25+/m0/s1. The van der Waals surface area contributed by atoms with Gasteiger partial charge in [-0.1, -0.05) is 74.5 Å². The van der Waals surface area contributed by atoms with E-state index in [0.29, 0.717) is 0 Å². The first-order chi connectivity index (χ1) is 15.9. The van der Waals surface area contributed by atoms with Gasteiger partial charge in [0.1, 0.15) is 13.2 Å². The summed E-state index contributed by atoms with van der Waals surface area (Å²) in [6, 6.07) is 18.7. The third-order valence-electron chi connectivity index (χ3n) is 5.68. The van der Waals surface area contributed by atoms with E-state index in [0.717, 1.165) is 30.4 Å². The first-order valence-corrected chi connectivity index (χ1v) is 11.7. The van der Waals surface area contributed by atoms with Crippen LogP contribution in [0.2, 0.25) is 0 Å². The van der Waals surface area contributed by atoms with Gasteiger partial charge < -0.3 is 18.9 Å². The van der Waals surface area contributed by atoms with Crippen molar-refractivity contribution in [1.29, 1.82) is 0 Å². The summed E-state index contributed by atoms with van der Waals surface area (Å²) < 4.78 is 23.2. The lowest BCUT2D eigenvalue weighted by Gasteiger charge is -2.34. The Balaban J connectivity index is 1.75. The molecule has 1 aliphatic heterocycles. The molecule has 0 aromatic heterocycles. The summed E-state index contributed by atoms with van der Waals surface area (Å²) >= 11 is 0. The van der Waals surface area contributed by atoms with Crippen LogP contribution < -0.4 is 0 Å². The fourth-order valence-corrected chi connectivity index (χ4v) is 3.86. The van der Waals surface area contributed by atoms with E-state index in [1.807, 2.05) is 81.4 Å². The second-order valence-electron chi connectivity index (χ2n) is 8.82. The molecule has 3 atom stereocenters. The van der Waals surface area contributed by atoms with E-state index < -0.39 is 30.3 Å². The summed E-state index contributed by atoms with van der Waals surface area (Å²) in [7, 11) is 0. The summed E-state index contributed by atoms with van der Waals surface area (Å²) in [6.07, 6.45) is 1.54. The highest BCUT2D eigenvalue weighted by Crippen LogP contribution is 2.27. The molecule has 1 saturated heterocycles. The van der Waals surface area contributed by atoms with Crippen molar-refractivity contribution in [2.75, 3.05) is 0 Å². The smallest absolute Gasteiger partial charge is 0.323 e. The number of esters is 2. The maximum absolute atomic E-state index is 13.2. The SMILES string of the molecule is CC(C)[C@@H](O[C@@H]1CCC[C@H](C)O1)C(C(=O)OCc1ccccc1)C(=O)OCc1ccccc1. The van der Waals surface area contributed by atoms with Crippen LogP contribution in [-0.2, 0) is 41.8 Å². The molecule has 1 fully saturated rings. The van der Waals surface area contributed by atoms with Crippen LogP contribution in [0.25, 0.3) is 0 Å². The molecule has 0 radical (unpaired) electrons. The van der Waals surface area contributed by atoms with Gasteiger partial charge in [0, 0.05) is 0 Å². The Labute approximate surface area is 196 Å². The van der Waals surface area contributed by atoms with Crippen LogP contribution in [-0.4, -0.2) is 30.4 Å². The van der Waals surface area contributed by atoms with Gasteiger partial charge in [0.05, 0.1) is 12.2 Å². The largest absolute Gasteiger partial charge is 0.460 e. The molecular formula is C27H34O6. The Morgan fingerprint density at radius 3 is 1.85 bits per heavy atom. The minimum Gasteiger partial charge on any atom is -0.460 e. The summed E-state index contributed by atoms with van der Waals surface area (Å²) in [5.74, 6) is -2.65. The summed E-state index contributed by atoms with van der Waals surface area (Å²) in [4.78, 5) is 26.4. The lowest BCUT2D eigenvalue weighted by Crippen LogP contribution is -2.45. The Bertz CT molecular complexity index is 811. The highest BCUT2D eigenvalue weighted by Gasteiger charge is 2.42. The third-order valence-corrected chi connectivity index (χ3v) is 5.68. The van der Waals surface area contributed by atoms with E-state index >= 15 is 0 Å². The van der Waals surface area contributed by atoms with Gasteiger partial charge in [-0.05, 0) is 43.2 Å². The van der Waals surface area contributed by atoms with Gasteiger partial charge in [0.15, 0.2) is 12.2 Å². The molecule has 0 N–H and O–H groups in total. The molecule has 1 heterocycles. The maximum atomic E-state index is 13.2. The van der Waals surface area contributed by atoms with Crippen LogP contribution in [0.1, 0.15) is 51.2 Å². The van der Waals surface area contributed by atoms with Crippen molar-refractivity contribution < 1.29 is 28.5 Å². The van der Waals surface area contributed by atoms with Crippen molar-refractivity contribution in [3.63, 3.8) is 0 Å². The monoisotopic (exact) mass is 454 g/mol. The van der Waals surface area contributed by atoms with Crippen LogP contribution in [0.5, 0.6) is 0 Å². The van der Waals surface area contributed by atoms with Crippen LogP contribution >= 0.6 is 0 Å². The lowest BCUT2D eigenvalue weighted by atomic mass is 9.92. The van der Waals surface area contributed by atoms with Gasteiger partial charge in [0.25, 0.3) is 0 Å². The number of rotatable bonds is 10. The second-order valence-corrected chi connectivity index (χ2v) is 8.82. The quantitative estimate of drug-likeness (QED) is 0.370. The Morgan fingerprint density at radius 1 is 0.879 bits per heavy atom. The summed E-state index contributed by atoms with van der Waals surface area (Å²) in [5, 5.41) is 0. The molecule has 0 aliphatic carbocycles. The van der Waals surface area contributed by atoms with E-state index in [-0.39, 0.29) is 25.2 Å². The molecule has 33 heavy (non-hydrogen) atoms. The van der Waals surface area contributed by atoms with Gasteiger partial charge in [0.2, 0.25) is 0 Å². The predicted molar refractivity (Wildman–Crippen MR) is 124 cm³/mol. The zero-order chi connectivity index (χ0) is 23.6. The van der Waals surface area contributed by atoms with Crippen molar-refractivity contribution >= 4 is 11.9 Å². The summed E-state index contributed by atoms with van der Waals surface area (Å²) in [6.45, 7) is 5.98. The zero-order valence-corrected chi connectivity index (χ0v) is 19.6. The normalized spacial score (nSPS) is 19.3. The molecule has 6 nitrogen and oxygen atoms in total. The van der Waals surface area contributed by atoms with Crippen LogP contribution in [0, 0.1) is 11.8 Å². The number of benzene rings is 2. The predicted octanol–water partition coefficient (Wildman–Crippen LogP) is 5.05. The average Bonchev–Trinajstić information content (AvgIpc) is 2.82. The topological polar surface area (TPSA) is 71.1 Å². The maximum Gasteiger partial charge on any atom is 0.323 e. The minimum atomic E-state index is -1.21. The number of carbonyl (C=O) groups is 2. The number of ether oxygens (including phenoxy) is 4. The van der Waals surface area contributed by atoms with E-state index in [4.69, 9.17) is 18.9 Å². The van der Waals surface area contributed by atoms with Crippen molar-refractivity contribution in [3.05, 3.63) is 71.8 Å². The molecule has 3 rings (SSSR count). The molecule has 6 heteroatoms. The van der Waals surface area contributed by atoms with Crippen molar-refractivity contribution in [2.24, 2.45) is 11.8 Å². The fraction of sp³-hybridized carbons (Fsp3) is 0.481. The highest BCUT2D eigenvalue weighted by atomic mass is 16.7. The van der Waals surface area contributed by atoms with Gasteiger partial charge in [-0.2, -0.15) is 0 Å². The first-order valence-electron chi connectivity index (χ1n) is 11.7. The Hall–Kier alpha value is -2.70. The number of hydrogen-bond donors (Lipinski definition) is 0. The Kier molecular flexibility index (Phi) is 9.46. The van der Waals surface area contributed by atoms with Crippen LogP contribution in [0.4, 0.5) is 0 Å². The molecule has 178 valence electrons. The average molecular weight is 455 g/mol. The van der Waals surface area contributed by atoms with E-state index in [2.05, 4.69) is 0 Å². The first kappa shape index (κ1) is 24.9. The number of carbonyl (C=O) groups excluding carboxylic acids is 2. The third kappa shape index (κ3) is 7.69. The van der Waals surface area contributed by atoms with Crippen molar-refractivity contribution in [2.45, 2.75) is 71.7 Å². The van der Waals surface area contributed by atoms with Gasteiger partial charge in [-0.15, -0.1) is 0 Å². The van der Waals surface area contributed by atoms with Crippen molar-refractivity contribution in [1.82, 2.24) is 0 Å². The van der Waals surface area contributed by atoms with Crippen molar-refractivity contribution in [3.8, 4) is 0 Å². The molecule has 2 aromatic rings. The summed E-state index contributed by atoms with van der Waals surface area (Å²) in [5.41, 5.74) is 1.68. The van der Waals surface area contributed by atoms with Gasteiger partial charge in [-0.25, -0.2) is 0 Å². The van der Waals surface area contributed by atoms with Gasteiger partial charge in [-0.3, -0.25) is 9.59 Å². The van der Waals surface area contributed by atoms with E-state index in [9.17, 15) is 9.59 Å². The second kappa shape index (κ2) is 12.5. The van der Waals surface area contributed by atoms with Crippen LogP contribution in [0.3, 0.4) is 0 Å². The number of hydrogen-bond acceptors (Lipinski definition) is 6. The lowest BCUT2D eigenvalue weighted by molar-refractivity contribution is -0.231. The fourth-order valence-electron chi connectivity index (χ4n) is 3.86. The highest BCUT2D eigenvalue weighted by molar-refractivity contribution is 5.95. The minimum absolute atomic E-state index is 0.0733. The van der Waals surface area contributed by atoms with E-state index in [1.54, 1.807) is 0 Å². The van der Waals surface area contributed by atoms with Crippen LogP contribution in [0.15, 0.2) is 60.7 Å². The molecule has 2 aromatic carbocycles. The van der Waals surface area contributed by atoms with Gasteiger partial charge >= 0.3 is 11.9 Å². The molecule has 1 aliphatic rings. The molecular weight excluding hydrogens is 420 g/mol. The zero-order valence-electron chi connectivity index (χ0n) is 19.6. The molecule has 0 unspecified atom stereocenters. The molecule has 0 bridgehead atoms. The molecule has 0 spiro atoms. The molecule has 0 saturated carbocycles. The van der Waals surface area contributed by atoms with E-state index in [1.165, 1.54) is 0 Å².